The van der Waals surface area contributed by atoms with Gasteiger partial charge < -0.3 is 9.47 Å². The molecule has 0 N–H and O–H groups in total. The zero-order valence-corrected chi connectivity index (χ0v) is 8.46. The topological polar surface area (TPSA) is 78.4 Å². The molecule has 0 fully saturated rings. The second-order valence-electron chi connectivity index (χ2n) is 2.32. The minimum absolute atomic E-state index is 0.0593. The Morgan fingerprint density at radius 3 is 2.79 bits per heavy atom. The van der Waals surface area contributed by atoms with Gasteiger partial charge in [-0.2, -0.15) is 0 Å². The molecule has 1 rings (SSSR count). The van der Waals surface area contributed by atoms with E-state index in [0.29, 0.717) is 5.69 Å². The summed E-state index contributed by atoms with van der Waals surface area (Å²) >= 11 is 0.907. The number of carbonyl (C=O) groups is 2. The van der Waals surface area contributed by atoms with Crippen molar-refractivity contribution in [3.05, 3.63) is 10.6 Å². The first-order chi connectivity index (χ1) is 6.65. The maximum Gasteiger partial charge on any atom is 0.351 e. The number of rotatable bonds is 3. The SMILES string of the molecule is COC(=O)c1snnc1COC(C)=O. The van der Waals surface area contributed by atoms with Crippen LogP contribution in [0.2, 0.25) is 0 Å². The van der Waals surface area contributed by atoms with Gasteiger partial charge in [0.2, 0.25) is 0 Å². The van der Waals surface area contributed by atoms with Gasteiger partial charge in [0.25, 0.3) is 0 Å². The molecule has 7 heteroatoms. The van der Waals surface area contributed by atoms with Gasteiger partial charge in [0.05, 0.1) is 7.11 Å². The predicted molar refractivity (Wildman–Crippen MR) is 46.7 cm³/mol. The fourth-order valence-corrected chi connectivity index (χ4v) is 1.30. The molecular formula is C7H8N2O4S. The first kappa shape index (κ1) is 10.6. The Balaban J connectivity index is 2.72. The molecule has 0 bridgehead atoms. The third kappa shape index (κ3) is 2.49. The van der Waals surface area contributed by atoms with E-state index >= 15 is 0 Å². The van der Waals surface area contributed by atoms with E-state index in [4.69, 9.17) is 0 Å². The number of methoxy groups -OCH3 is 1. The molecule has 1 aromatic heterocycles. The minimum atomic E-state index is -0.526. The summed E-state index contributed by atoms with van der Waals surface area (Å²) in [7, 11) is 1.26. The lowest BCUT2D eigenvalue weighted by molar-refractivity contribution is -0.142. The van der Waals surface area contributed by atoms with Gasteiger partial charge in [0, 0.05) is 6.92 Å². The van der Waals surface area contributed by atoms with Crippen molar-refractivity contribution < 1.29 is 19.1 Å². The molecule has 0 amide bonds. The Labute approximate surface area is 84.0 Å². The summed E-state index contributed by atoms with van der Waals surface area (Å²) in [6, 6.07) is 0. The summed E-state index contributed by atoms with van der Waals surface area (Å²) in [5.74, 6) is -0.962. The van der Waals surface area contributed by atoms with Crippen molar-refractivity contribution >= 4 is 23.5 Å². The van der Waals surface area contributed by atoms with Gasteiger partial charge in [-0.15, -0.1) is 5.10 Å². The van der Waals surface area contributed by atoms with E-state index < -0.39 is 11.9 Å². The van der Waals surface area contributed by atoms with E-state index in [1.807, 2.05) is 0 Å². The van der Waals surface area contributed by atoms with Gasteiger partial charge in [-0.3, -0.25) is 4.79 Å². The first-order valence-electron chi connectivity index (χ1n) is 3.68. The quantitative estimate of drug-likeness (QED) is 0.680. The lowest BCUT2D eigenvalue weighted by atomic mass is 10.4. The second-order valence-corrected chi connectivity index (χ2v) is 3.07. The molecule has 0 unspecified atom stereocenters. The minimum Gasteiger partial charge on any atom is -0.465 e. The van der Waals surface area contributed by atoms with Gasteiger partial charge in [-0.1, -0.05) is 4.49 Å². The Hall–Kier alpha value is -1.50. The van der Waals surface area contributed by atoms with E-state index in [0.717, 1.165) is 11.5 Å². The summed E-state index contributed by atoms with van der Waals surface area (Å²) < 4.78 is 12.7. The summed E-state index contributed by atoms with van der Waals surface area (Å²) in [6.45, 7) is 1.22. The highest BCUT2D eigenvalue weighted by Crippen LogP contribution is 2.12. The molecule has 0 aliphatic carbocycles. The third-order valence-corrected chi connectivity index (χ3v) is 2.09. The molecule has 14 heavy (non-hydrogen) atoms. The van der Waals surface area contributed by atoms with Crippen molar-refractivity contribution in [3.8, 4) is 0 Å². The van der Waals surface area contributed by atoms with Crippen molar-refractivity contribution in [1.82, 2.24) is 9.59 Å². The van der Waals surface area contributed by atoms with Crippen molar-refractivity contribution in [2.75, 3.05) is 7.11 Å². The number of esters is 2. The van der Waals surface area contributed by atoms with Crippen molar-refractivity contribution in [1.29, 1.82) is 0 Å². The first-order valence-corrected chi connectivity index (χ1v) is 4.45. The van der Waals surface area contributed by atoms with Gasteiger partial charge in [-0.05, 0) is 11.5 Å². The molecule has 0 aromatic carbocycles. The van der Waals surface area contributed by atoms with Gasteiger partial charge in [0.15, 0.2) is 4.88 Å². The molecule has 1 aromatic rings. The van der Waals surface area contributed by atoms with Crippen molar-refractivity contribution in [2.45, 2.75) is 13.5 Å². The summed E-state index contributed by atoms with van der Waals surface area (Å²) in [5, 5.41) is 3.65. The summed E-state index contributed by atoms with van der Waals surface area (Å²) in [4.78, 5) is 21.9. The molecule has 6 nitrogen and oxygen atoms in total. The lowest BCUT2D eigenvalue weighted by Gasteiger charge is -1.99. The van der Waals surface area contributed by atoms with Crippen LogP contribution in [0, 0.1) is 0 Å². The van der Waals surface area contributed by atoms with Crippen LogP contribution in [0.5, 0.6) is 0 Å². The molecule has 1 heterocycles. The van der Waals surface area contributed by atoms with Crippen LogP contribution in [0.4, 0.5) is 0 Å². The standard InChI is InChI=1S/C7H8N2O4S/c1-4(10)13-3-5-6(7(11)12-2)14-9-8-5/h3H2,1-2H3. The molecule has 0 radical (unpaired) electrons. The van der Waals surface area contributed by atoms with E-state index in [1.165, 1.54) is 14.0 Å². The zero-order valence-electron chi connectivity index (χ0n) is 7.64. The third-order valence-electron chi connectivity index (χ3n) is 1.34. The van der Waals surface area contributed by atoms with E-state index in [1.54, 1.807) is 0 Å². The van der Waals surface area contributed by atoms with Gasteiger partial charge >= 0.3 is 11.9 Å². The molecule has 0 saturated carbocycles. The van der Waals surface area contributed by atoms with Crippen LogP contribution in [0.1, 0.15) is 22.3 Å². The number of nitrogens with zero attached hydrogens (tertiary/aromatic N) is 2. The molecule has 0 aliphatic rings. The monoisotopic (exact) mass is 216 g/mol. The maximum atomic E-state index is 11.1. The van der Waals surface area contributed by atoms with Gasteiger partial charge in [-0.25, -0.2) is 4.79 Å². The normalized spacial score (nSPS) is 9.57. The highest BCUT2D eigenvalue weighted by Gasteiger charge is 2.17. The van der Waals surface area contributed by atoms with Crippen molar-refractivity contribution in [3.63, 3.8) is 0 Å². The maximum absolute atomic E-state index is 11.1. The Morgan fingerprint density at radius 1 is 1.50 bits per heavy atom. The highest BCUT2D eigenvalue weighted by molar-refractivity contribution is 7.07. The smallest absolute Gasteiger partial charge is 0.351 e. The molecule has 76 valence electrons. The number of hydrogen-bond acceptors (Lipinski definition) is 7. The lowest BCUT2D eigenvalue weighted by Crippen LogP contribution is -2.06. The van der Waals surface area contributed by atoms with Crippen LogP contribution in [-0.2, 0) is 20.9 Å². The number of carbonyl (C=O) groups excluding carboxylic acids is 2. The Morgan fingerprint density at radius 2 is 2.21 bits per heavy atom. The Kier molecular flexibility index (Phi) is 3.52. The fourth-order valence-electron chi connectivity index (χ4n) is 0.721. The van der Waals surface area contributed by atoms with Crippen LogP contribution in [0.3, 0.4) is 0 Å². The number of aromatic nitrogens is 2. The van der Waals surface area contributed by atoms with Crippen molar-refractivity contribution in [2.24, 2.45) is 0 Å². The number of hydrogen-bond donors (Lipinski definition) is 0. The zero-order chi connectivity index (χ0) is 10.6. The van der Waals surface area contributed by atoms with Crippen LogP contribution >= 0.6 is 11.5 Å². The van der Waals surface area contributed by atoms with Crippen LogP contribution < -0.4 is 0 Å². The molecular weight excluding hydrogens is 208 g/mol. The average Bonchev–Trinajstić information content (AvgIpc) is 2.61. The van der Waals surface area contributed by atoms with Gasteiger partial charge in [0.1, 0.15) is 12.3 Å². The highest BCUT2D eigenvalue weighted by atomic mass is 32.1. The number of ether oxygens (including phenoxy) is 2. The van der Waals surface area contributed by atoms with E-state index in [2.05, 4.69) is 19.1 Å². The van der Waals surface area contributed by atoms with Crippen LogP contribution in [0.15, 0.2) is 0 Å². The predicted octanol–water partition coefficient (Wildman–Crippen LogP) is 0.388. The molecule has 0 saturated heterocycles. The Bertz CT molecular complexity index is 349. The second kappa shape index (κ2) is 4.66. The van der Waals surface area contributed by atoms with E-state index in [-0.39, 0.29) is 11.5 Å². The van der Waals surface area contributed by atoms with Crippen LogP contribution in [0.25, 0.3) is 0 Å². The molecule has 0 aliphatic heterocycles. The molecule has 0 atom stereocenters. The molecule has 0 spiro atoms. The summed E-state index contributed by atoms with van der Waals surface area (Å²) in [5.41, 5.74) is 0.317. The van der Waals surface area contributed by atoms with E-state index in [9.17, 15) is 9.59 Å². The average molecular weight is 216 g/mol. The largest absolute Gasteiger partial charge is 0.465 e. The van der Waals surface area contributed by atoms with Crippen LogP contribution in [-0.4, -0.2) is 28.6 Å². The summed E-state index contributed by atoms with van der Waals surface area (Å²) in [6.07, 6.45) is 0. The fraction of sp³-hybridized carbons (Fsp3) is 0.429.